The maximum atomic E-state index is 12.1. The molecular weight excluding hydrogens is 650 g/mol. The van der Waals surface area contributed by atoms with E-state index in [2.05, 4.69) is 43.1 Å². The zero-order chi connectivity index (χ0) is 33.8. The fourth-order valence-corrected chi connectivity index (χ4v) is 7.91. The molecule has 7 rings (SSSR count). The molecule has 0 radical (unpaired) electrons. The van der Waals surface area contributed by atoms with Crippen molar-refractivity contribution >= 4 is 50.1 Å². The fraction of sp³-hybridized carbons (Fsp3) is 0.486. The van der Waals surface area contributed by atoms with Crippen LogP contribution in [-0.4, -0.2) is 95.2 Å². The van der Waals surface area contributed by atoms with Gasteiger partial charge in [-0.05, 0) is 63.8 Å². The first-order valence-corrected chi connectivity index (χ1v) is 18.9. The molecule has 3 fully saturated rings. The van der Waals surface area contributed by atoms with E-state index >= 15 is 0 Å². The Hall–Kier alpha value is -3.42. The van der Waals surface area contributed by atoms with Gasteiger partial charge in [0, 0.05) is 74.2 Å². The number of nitrogens with one attached hydrogen (secondary N) is 1. The van der Waals surface area contributed by atoms with E-state index in [0.717, 1.165) is 86.0 Å². The Morgan fingerprint density at radius 1 is 0.958 bits per heavy atom. The molecule has 2 aromatic heterocycles. The smallest absolute Gasteiger partial charge is 0.363 e. The van der Waals surface area contributed by atoms with Crippen LogP contribution in [0.25, 0.3) is 22.2 Å². The predicted molar refractivity (Wildman–Crippen MR) is 193 cm³/mol. The third-order valence-electron chi connectivity index (χ3n) is 9.60. The Balaban J connectivity index is 0.00000197. The highest BCUT2D eigenvalue weighted by molar-refractivity contribution is 7.84. The van der Waals surface area contributed by atoms with Gasteiger partial charge in [0.2, 0.25) is 5.95 Å². The van der Waals surface area contributed by atoms with Crippen molar-refractivity contribution in [3.05, 3.63) is 59.9 Å². The number of likely N-dealkylation sites (N-methyl/N-ethyl adjacent to an activating group) is 1. The average molecular weight is 696 g/mol. The zero-order valence-electron chi connectivity index (χ0n) is 28.0. The number of halogens is 1. The molecule has 0 bridgehead atoms. The molecule has 2 aromatic carbocycles. The molecule has 0 atom stereocenters. The quantitative estimate of drug-likeness (QED) is 0.193. The third kappa shape index (κ3) is 7.58. The third-order valence-corrected chi connectivity index (χ3v) is 10.7. The number of piperidine rings is 1. The van der Waals surface area contributed by atoms with Crippen LogP contribution in [0.3, 0.4) is 0 Å². The number of hydrogen-bond donors (Lipinski definition) is 2. The van der Waals surface area contributed by atoms with Crippen molar-refractivity contribution in [1.29, 1.82) is 0 Å². The van der Waals surface area contributed by atoms with Crippen molar-refractivity contribution < 1.29 is 17.7 Å². The van der Waals surface area contributed by atoms with E-state index in [1.165, 1.54) is 25.2 Å². The van der Waals surface area contributed by atoms with Gasteiger partial charge < -0.3 is 19.9 Å². The minimum absolute atomic E-state index is 0.204. The number of benzene rings is 2. The van der Waals surface area contributed by atoms with E-state index in [4.69, 9.17) is 16.3 Å². The number of piperazine rings is 1. The lowest BCUT2D eigenvalue weighted by Crippen LogP contribution is -2.52. The molecule has 48 heavy (non-hydrogen) atoms. The maximum absolute atomic E-state index is 12.1. The lowest BCUT2D eigenvalue weighted by Gasteiger charge is -2.43. The van der Waals surface area contributed by atoms with Gasteiger partial charge in [-0.2, -0.15) is 8.42 Å². The molecule has 4 heterocycles. The Kier molecular flexibility index (Phi) is 10.8. The van der Waals surface area contributed by atoms with Crippen molar-refractivity contribution in [2.45, 2.75) is 64.5 Å². The van der Waals surface area contributed by atoms with Crippen LogP contribution < -0.4 is 15.0 Å². The molecule has 2 N–H and O–H groups in total. The number of ether oxygens (including phenoxy) is 1. The van der Waals surface area contributed by atoms with Gasteiger partial charge >= 0.3 is 10.3 Å². The van der Waals surface area contributed by atoms with E-state index in [1.54, 1.807) is 24.3 Å². The van der Waals surface area contributed by atoms with E-state index < -0.39 is 10.3 Å². The summed E-state index contributed by atoms with van der Waals surface area (Å²) in [6.45, 7) is 10.6. The van der Waals surface area contributed by atoms with Crippen LogP contribution in [0.1, 0.15) is 52.4 Å². The lowest BCUT2D eigenvalue weighted by molar-refractivity contribution is 0.0980. The molecule has 4 aromatic rings. The second-order valence-electron chi connectivity index (χ2n) is 12.6. The summed E-state index contributed by atoms with van der Waals surface area (Å²) >= 11 is 6.55. The van der Waals surface area contributed by atoms with Gasteiger partial charge in [0.25, 0.3) is 0 Å². The number of fused-ring (bicyclic) bond motifs is 1. The Bertz CT molecular complexity index is 1810. The highest BCUT2D eigenvalue weighted by atomic mass is 35.5. The lowest BCUT2D eigenvalue weighted by atomic mass is 10.0. The Morgan fingerprint density at radius 3 is 2.38 bits per heavy atom. The Morgan fingerprint density at radius 2 is 1.67 bits per heavy atom. The first-order chi connectivity index (χ1) is 23.2. The van der Waals surface area contributed by atoms with Crippen LogP contribution >= 0.6 is 11.6 Å². The summed E-state index contributed by atoms with van der Waals surface area (Å²) < 4.78 is 41.5. The van der Waals surface area contributed by atoms with Gasteiger partial charge in [-0.15, -0.1) is 0 Å². The van der Waals surface area contributed by atoms with Gasteiger partial charge in [0.15, 0.2) is 0 Å². The second-order valence-corrected chi connectivity index (χ2v) is 14.3. The topological polar surface area (TPSA) is 116 Å². The molecule has 0 unspecified atom stereocenters. The number of para-hydroxylation sites is 1. The molecule has 258 valence electrons. The van der Waals surface area contributed by atoms with Crippen LogP contribution in [0, 0.1) is 0 Å². The number of hydrogen-bond acceptors (Lipinski definition) is 9. The first kappa shape index (κ1) is 34.4. The standard InChI is InChI=1S/C33H40ClN7O4S.C2H6/c1-38-16-18-39(19-17-38)24-12-14-40(15-13-24)30-11-10-23(20-31(30)45-25-6-2-3-7-25)36-33-35-21-28(34)32(37-33)27-22-41(46(42,43)44)29-9-5-4-8-26(27)29;1-2/h4-5,8-11,20-22,24-25H,2-3,6-7,12-19H2,1H3,(H,35,36,37)(H,42,43,44);1-2H3. The number of anilines is 3. The SMILES string of the molecule is CC.CN1CCN(C2CCN(c3ccc(Nc4ncc(Cl)c(-c5cn(S(=O)(=O)O)c6ccccc56)n4)cc3OC3CCCC3)CC2)CC1. The molecule has 2 saturated heterocycles. The largest absolute Gasteiger partial charge is 0.488 e. The molecule has 11 nitrogen and oxygen atoms in total. The summed E-state index contributed by atoms with van der Waals surface area (Å²) in [7, 11) is -2.33. The number of nitrogens with zero attached hydrogens (tertiary/aromatic N) is 6. The molecule has 0 spiro atoms. The molecule has 0 amide bonds. The molecule has 3 aliphatic rings. The van der Waals surface area contributed by atoms with Crippen molar-refractivity contribution in [2.24, 2.45) is 0 Å². The second kappa shape index (κ2) is 15.0. The van der Waals surface area contributed by atoms with Crippen molar-refractivity contribution in [2.75, 3.05) is 56.5 Å². The van der Waals surface area contributed by atoms with E-state index in [1.807, 2.05) is 26.0 Å². The summed E-state index contributed by atoms with van der Waals surface area (Å²) in [5.74, 6) is 1.16. The van der Waals surface area contributed by atoms with Crippen LogP contribution in [0.15, 0.2) is 54.9 Å². The summed E-state index contributed by atoms with van der Waals surface area (Å²) in [6.07, 6.45) is 9.79. The van der Waals surface area contributed by atoms with Gasteiger partial charge in [-0.25, -0.2) is 13.9 Å². The van der Waals surface area contributed by atoms with Crippen molar-refractivity contribution in [3.8, 4) is 17.0 Å². The normalized spacial score (nSPS) is 18.6. The summed E-state index contributed by atoms with van der Waals surface area (Å²) in [5.41, 5.74) is 3.02. The molecule has 1 aliphatic carbocycles. The highest BCUT2D eigenvalue weighted by Gasteiger charge is 2.29. The summed E-state index contributed by atoms with van der Waals surface area (Å²) in [5, 5.41) is 4.15. The maximum Gasteiger partial charge on any atom is 0.363 e. The van der Waals surface area contributed by atoms with E-state index in [-0.39, 0.29) is 11.1 Å². The van der Waals surface area contributed by atoms with Gasteiger partial charge in [0.1, 0.15) is 5.75 Å². The molecular formula is C35H46ClN7O4S. The highest BCUT2D eigenvalue weighted by Crippen LogP contribution is 2.38. The van der Waals surface area contributed by atoms with Gasteiger partial charge in [-0.3, -0.25) is 9.45 Å². The zero-order valence-corrected chi connectivity index (χ0v) is 29.6. The number of rotatable bonds is 8. The van der Waals surface area contributed by atoms with Crippen LogP contribution in [0.5, 0.6) is 5.75 Å². The molecule has 2 aliphatic heterocycles. The summed E-state index contributed by atoms with van der Waals surface area (Å²) in [4.78, 5) is 16.6. The average Bonchev–Trinajstić information content (AvgIpc) is 3.76. The monoisotopic (exact) mass is 695 g/mol. The van der Waals surface area contributed by atoms with Crippen LogP contribution in [0.2, 0.25) is 5.02 Å². The van der Waals surface area contributed by atoms with Gasteiger partial charge in [0.05, 0.1) is 34.2 Å². The van der Waals surface area contributed by atoms with Gasteiger partial charge in [-0.1, -0.05) is 43.6 Å². The van der Waals surface area contributed by atoms with E-state index in [9.17, 15) is 13.0 Å². The van der Waals surface area contributed by atoms with Crippen LogP contribution in [-0.2, 0) is 10.3 Å². The van der Waals surface area contributed by atoms with Crippen molar-refractivity contribution in [1.82, 2.24) is 23.7 Å². The fourth-order valence-electron chi connectivity index (χ4n) is 7.07. The molecule has 13 heteroatoms. The first-order valence-electron chi connectivity index (χ1n) is 17.1. The predicted octanol–water partition coefficient (Wildman–Crippen LogP) is 6.71. The van der Waals surface area contributed by atoms with E-state index in [0.29, 0.717) is 34.2 Å². The van der Waals surface area contributed by atoms with Crippen LogP contribution in [0.4, 0.5) is 17.3 Å². The number of aromatic nitrogens is 3. The van der Waals surface area contributed by atoms with Crippen molar-refractivity contribution in [3.63, 3.8) is 0 Å². The summed E-state index contributed by atoms with van der Waals surface area (Å²) in [6, 6.07) is 13.7. The molecule has 1 saturated carbocycles. The minimum atomic E-state index is -4.53. The Labute approximate surface area is 288 Å². The minimum Gasteiger partial charge on any atom is -0.488 e.